The van der Waals surface area contributed by atoms with Gasteiger partial charge in [-0.15, -0.1) is 22.7 Å². The molecule has 2 amide bonds. The zero-order valence-electron chi connectivity index (χ0n) is 10.7. The molecule has 3 rings (SSSR count). The van der Waals surface area contributed by atoms with Crippen LogP contribution in [-0.4, -0.2) is 41.3 Å². The average Bonchev–Trinajstić information content (AvgIpc) is 3.08. The predicted octanol–water partition coefficient (Wildman–Crippen LogP) is 1.37. The lowest BCUT2D eigenvalue weighted by molar-refractivity contribution is -0.137. The van der Waals surface area contributed by atoms with Gasteiger partial charge in [-0.1, -0.05) is 6.07 Å². The first kappa shape index (κ1) is 13.3. The first-order valence-corrected chi connectivity index (χ1v) is 8.01. The second-order valence-corrected chi connectivity index (χ2v) is 6.27. The molecule has 1 saturated heterocycles. The number of hydrogen-bond acceptors (Lipinski definition) is 5. The van der Waals surface area contributed by atoms with Crippen LogP contribution in [0.3, 0.4) is 0 Å². The van der Waals surface area contributed by atoms with Crippen LogP contribution in [0.15, 0.2) is 22.9 Å². The fourth-order valence-electron chi connectivity index (χ4n) is 2.02. The second kappa shape index (κ2) is 5.72. The van der Waals surface area contributed by atoms with Crippen LogP contribution < -0.4 is 5.32 Å². The van der Waals surface area contributed by atoms with Crippen molar-refractivity contribution in [3.8, 4) is 9.88 Å². The third-order valence-electron chi connectivity index (χ3n) is 3.01. The maximum Gasteiger partial charge on any atom is 0.239 e. The SMILES string of the molecule is O=C1CN(C(=O)Cc2csc(-c3cccs3)n2)CCN1. The molecule has 3 heterocycles. The summed E-state index contributed by atoms with van der Waals surface area (Å²) in [6.07, 6.45) is 0.259. The van der Waals surface area contributed by atoms with Crippen LogP contribution in [0.4, 0.5) is 0 Å². The number of carbonyl (C=O) groups excluding carboxylic acids is 2. The Labute approximate surface area is 124 Å². The van der Waals surface area contributed by atoms with E-state index in [4.69, 9.17) is 0 Å². The number of aromatic nitrogens is 1. The van der Waals surface area contributed by atoms with Crippen molar-refractivity contribution in [2.24, 2.45) is 0 Å². The van der Waals surface area contributed by atoms with E-state index in [1.54, 1.807) is 27.6 Å². The second-order valence-electron chi connectivity index (χ2n) is 4.46. The molecule has 0 spiro atoms. The highest BCUT2D eigenvalue weighted by molar-refractivity contribution is 7.20. The molecular weight excluding hydrogens is 294 g/mol. The maximum absolute atomic E-state index is 12.1. The van der Waals surface area contributed by atoms with Crippen molar-refractivity contribution in [2.45, 2.75) is 6.42 Å². The molecule has 2 aromatic rings. The zero-order chi connectivity index (χ0) is 13.9. The summed E-state index contributed by atoms with van der Waals surface area (Å²) < 4.78 is 0. The molecule has 1 N–H and O–H groups in total. The lowest BCUT2D eigenvalue weighted by Gasteiger charge is -2.26. The minimum atomic E-state index is -0.0952. The van der Waals surface area contributed by atoms with Crippen molar-refractivity contribution >= 4 is 34.5 Å². The molecule has 1 aliphatic rings. The van der Waals surface area contributed by atoms with Gasteiger partial charge >= 0.3 is 0 Å². The van der Waals surface area contributed by atoms with Crippen molar-refractivity contribution in [1.29, 1.82) is 0 Å². The van der Waals surface area contributed by atoms with E-state index in [0.29, 0.717) is 13.1 Å². The number of thiophene rings is 1. The molecule has 0 aliphatic carbocycles. The van der Waals surface area contributed by atoms with Crippen molar-refractivity contribution in [3.63, 3.8) is 0 Å². The van der Waals surface area contributed by atoms with Crippen LogP contribution in [0.1, 0.15) is 5.69 Å². The molecule has 104 valence electrons. The van der Waals surface area contributed by atoms with E-state index in [9.17, 15) is 9.59 Å². The van der Waals surface area contributed by atoms with E-state index >= 15 is 0 Å². The lowest BCUT2D eigenvalue weighted by atomic mass is 10.2. The van der Waals surface area contributed by atoms with Gasteiger partial charge in [-0.25, -0.2) is 4.98 Å². The zero-order valence-corrected chi connectivity index (χ0v) is 12.3. The normalized spacial score (nSPS) is 15.2. The van der Waals surface area contributed by atoms with Crippen LogP contribution >= 0.6 is 22.7 Å². The molecule has 1 aliphatic heterocycles. The summed E-state index contributed by atoms with van der Waals surface area (Å²) in [5.41, 5.74) is 0.773. The van der Waals surface area contributed by atoms with E-state index in [-0.39, 0.29) is 24.8 Å². The van der Waals surface area contributed by atoms with Crippen LogP contribution in [0.5, 0.6) is 0 Å². The molecule has 0 bridgehead atoms. The van der Waals surface area contributed by atoms with E-state index < -0.39 is 0 Å². The molecule has 0 atom stereocenters. The van der Waals surface area contributed by atoms with Crippen molar-refractivity contribution in [1.82, 2.24) is 15.2 Å². The molecule has 7 heteroatoms. The Morgan fingerprint density at radius 2 is 2.35 bits per heavy atom. The minimum absolute atomic E-state index is 0.0390. The number of nitrogens with zero attached hydrogens (tertiary/aromatic N) is 2. The van der Waals surface area contributed by atoms with Gasteiger partial charge in [-0.05, 0) is 11.4 Å². The van der Waals surface area contributed by atoms with Crippen molar-refractivity contribution < 1.29 is 9.59 Å². The van der Waals surface area contributed by atoms with E-state index in [1.807, 2.05) is 22.9 Å². The van der Waals surface area contributed by atoms with Gasteiger partial charge in [-0.3, -0.25) is 9.59 Å². The van der Waals surface area contributed by atoms with Gasteiger partial charge in [0.15, 0.2) is 0 Å². The molecule has 1 fully saturated rings. The monoisotopic (exact) mass is 307 g/mol. The molecule has 20 heavy (non-hydrogen) atoms. The molecule has 2 aromatic heterocycles. The highest BCUT2D eigenvalue weighted by atomic mass is 32.1. The van der Waals surface area contributed by atoms with Crippen LogP contribution in [0, 0.1) is 0 Å². The molecule has 0 saturated carbocycles. The van der Waals surface area contributed by atoms with Gasteiger partial charge < -0.3 is 10.2 Å². The smallest absolute Gasteiger partial charge is 0.239 e. The lowest BCUT2D eigenvalue weighted by Crippen LogP contribution is -2.50. The Morgan fingerprint density at radius 3 is 3.10 bits per heavy atom. The third kappa shape index (κ3) is 2.88. The Kier molecular flexibility index (Phi) is 3.79. The van der Waals surface area contributed by atoms with Crippen LogP contribution in [-0.2, 0) is 16.0 Å². The first-order valence-electron chi connectivity index (χ1n) is 6.25. The van der Waals surface area contributed by atoms with Gasteiger partial charge in [0.1, 0.15) is 5.01 Å². The number of rotatable bonds is 3. The highest BCUT2D eigenvalue weighted by Gasteiger charge is 2.21. The van der Waals surface area contributed by atoms with E-state index in [0.717, 1.165) is 15.6 Å². The van der Waals surface area contributed by atoms with Crippen LogP contribution in [0.2, 0.25) is 0 Å². The van der Waals surface area contributed by atoms with Crippen molar-refractivity contribution in [2.75, 3.05) is 19.6 Å². The largest absolute Gasteiger partial charge is 0.353 e. The quantitative estimate of drug-likeness (QED) is 0.931. The highest BCUT2D eigenvalue weighted by Crippen LogP contribution is 2.27. The van der Waals surface area contributed by atoms with Gasteiger partial charge in [-0.2, -0.15) is 0 Å². The standard InChI is InChI=1S/C13H13N3O2S2/c17-11-7-16(4-3-14-11)12(18)6-9-8-20-13(15-9)10-2-1-5-19-10/h1-2,5,8H,3-4,6-7H2,(H,14,17). The predicted molar refractivity (Wildman–Crippen MR) is 78.7 cm³/mol. The number of thiazole rings is 1. The molecule has 0 aromatic carbocycles. The van der Waals surface area contributed by atoms with Gasteiger partial charge in [0, 0.05) is 18.5 Å². The first-order chi connectivity index (χ1) is 9.72. The Balaban J connectivity index is 1.66. The summed E-state index contributed by atoms with van der Waals surface area (Å²) in [7, 11) is 0. The number of amides is 2. The Bertz CT molecular complexity index is 621. The fourth-order valence-corrected chi connectivity index (χ4v) is 3.65. The number of nitrogens with one attached hydrogen (secondary N) is 1. The molecule has 5 nitrogen and oxygen atoms in total. The topological polar surface area (TPSA) is 62.3 Å². The van der Waals surface area contributed by atoms with Gasteiger partial charge in [0.05, 0.1) is 23.5 Å². The summed E-state index contributed by atoms with van der Waals surface area (Å²) in [4.78, 5) is 30.6. The number of carbonyl (C=O) groups is 2. The van der Waals surface area contributed by atoms with Crippen LogP contribution in [0.25, 0.3) is 9.88 Å². The van der Waals surface area contributed by atoms with Crippen molar-refractivity contribution in [3.05, 3.63) is 28.6 Å². The fraction of sp³-hybridized carbons (Fsp3) is 0.308. The summed E-state index contributed by atoms with van der Waals surface area (Å²) in [6, 6.07) is 4.00. The molecule has 0 unspecified atom stereocenters. The minimum Gasteiger partial charge on any atom is -0.353 e. The Hall–Kier alpha value is -1.73. The summed E-state index contributed by atoms with van der Waals surface area (Å²) in [6.45, 7) is 1.26. The summed E-state index contributed by atoms with van der Waals surface area (Å²) >= 11 is 3.18. The van der Waals surface area contributed by atoms with E-state index in [2.05, 4.69) is 10.3 Å². The van der Waals surface area contributed by atoms with Gasteiger partial charge in [0.25, 0.3) is 0 Å². The average molecular weight is 307 g/mol. The number of piperazine rings is 1. The number of hydrogen-bond donors (Lipinski definition) is 1. The van der Waals surface area contributed by atoms with E-state index in [1.165, 1.54) is 0 Å². The maximum atomic E-state index is 12.1. The summed E-state index contributed by atoms with van der Waals surface area (Å²) in [5, 5.41) is 7.57. The molecular formula is C13H13N3O2S2. The summed E-state index contributed by atoms with van der Waals surface area (Å²) in [5.74, 6) is -0.134. The third-order valence-corrected chi connectivity index (χ3v) is 4.94. The Morgan fingerprint density at radius 1 is 1.45 bits per heavy atom. The van der Waals surface area contributed by atoms with Gasteiger partial charge in [0.2, 0.25) is 11.8 Å². The molecule has 0 radical (unpaired) electrons.